The highest BCUT2D eigenvalue weighted by molar-refractivity contribution is 6.31. The van der Waals surface area contributed by atoms with E-state index in [0.717, 1.165) is 5.56 Å². The summed E-state index contributed by atoms with van der Waals surface area (Å²) < 4.78 is 5.76. The Bertz CT molecular complexity index is 1100. The van der Waals surface area contributed by atoms with Crippen LogP contribution in [0.2, 0.25) is 0 Å². The maximum Gasteiger partial charge on any atom is 0.282 e. The molecule has 1 aromatic heterocycles. The van der Waals surface area contributed by atoms with Gasteiger partial charge >= 0.3 is 0 Å². The third-order valence-corrected chi connectivity index (χ3v) is 4.40. The Labute approximate surface area is 161 Å². The zero-order valence-electron chi connectivity index (χ0n) is 15.0. The van der Waals surface area contributed by atoms with E-state index in [1.165, 1.54) is 18.0 Å². The van der Waals surface area contributed by atoms with Gasteiger partial charge in [-0.3, -0.25) is 19.8 Å². The molecular formula is C22H16N2O4. The predicted octanol–water partition coefficient (Wildman–Crippen LogP) is 3.61. The maximum atomic E-state index is 12.6. The average molecular weight is 372 g/mol. The molecule has 138 valence electrons. The van der Waals surface area contributed by atoms with Gasteiger partial charge in [-0.25, -0.2) is 5.01 Å². The lowest BCUT2D eigenvalue weighted by Crippen LogP contribution is -2.35. The number of hydrogen-bond donors (Lipinski definition) is 1. The fourth-order valence-electron chi connectivity index (χ4n) is 2.91. The van der Waals surface area contributed by atoms with E-state index < -0.39 is 11.8 Å². The molecule has 6 heteroatoms. The molecule has 1 fully saturated rings. The monoisotopic (exact) mass is 372 g/mol. The molecule has 0 bridgehead atoms. The van der Waals surface area contributed by atoms with Crippen molar-refractivity contribution in [1.29, 1.82) is 0 Å². The van der Waals surface area contributed by atoms with E-state index in [1.807, 2.05) is 6.07 Å². The van der Waals surface area contributed by atoms with Crippen LogP contribution in [0, 0.1) is 0 Å². The van der Waals surface area contributed by atoms with Crippen molar-refractivity contribution in [2.24, 2.45) is 0 Å². The van der Waals surface area contributed by atoms with Crippen molar-refractivity contribution in [1.82, 2.24) is 5.43 Å². The van der Waals surface area contributed by atoms with E-state index in [0.29, 0.717) is 22.8 Å². The Balaban J connectivity index is 1.59. The molecule has 0 spiro atoms. The van der Waals surface area contributed by atoms with E-state index in [4.69, 9.17) is 4.42 Å². The van der Waals surface area contributed by atoms with Crippen LogP contribution in [0.25, 0.3) is 17.4 Å². The predicted molar refractivity (Wildman–Crippen MR) is 104 cm³/mol. The van der Waals surface area contributed by atoms with Crippen LogP contribution in [0.15, 0.2) is 76.7 Å². The summed E-state index contributed by atoms with van der Waals surface area (Å²) in [7, 11) is 0. The van der Waals surface area contributed by atoms with Crippen LogP contribution < -0.4 is 10.4 Å². The smallest absolute Gasteiger partial charge is 0.282 e. The summed E-state index contributed by atoms with van der Waals surface area (Å²) >= 11 is 0. The number of rotatable bonds is 4. The molecule has 1 aliphatic rings. The van der Waals surface area contributed by atoms with Crippen molar-refractivity contribution < 1.29 is 18.8 Å². The van der Waals surface area contributed by atoms with Crippen LogP contribution >= 0.6 is 0 Å². The number of nitrogens with zero attached hydrogens (tertiary/aromatic N) is 1. The SMILES string of the molecule is CC(=O)c1ccc(-c2ccc(/C=C3/C(=O)NN(c4ccccc4)C3=O)o2)cc1. The fraction of sp³-hybridized carbons (Fsp3) is 0.0455. The van der Waals surface area contributed by atoms with Crippen molar-refractivity contribution >= 4 is 29.4 Å². The minimum Gasteiger partial charge on any atom is -0.457 e. The van der Waals surface area contributed by atoms with Crippen LogP contribution in [0.3, 0.4) is 0 Å². The second-order valence-electron chi connectivity index (χ2n) is 6.31. The molecule has 0 saturated carbocycles. The van der Waals surface area contributed by atoms with Crippen LogP contribution in [0.1, 0.15) is 23.0 Å². The van der Waals surface area contributed by atoms with Crippen LogP contribution in [0.5, 0.6) is 0 Å². The second-order valence-corrected chi connectivity index (χ2v) is 6.31. The summed E-state index contributed by atoms with van der Waals surface area (Å²) in [5.41, 5.74) is 4.54. The zero-order valence-corrected chi connectivity index (χ0v) is 15.0. The van der Waals surface area contributed by atoms with Crippen molar-refractivity contribution in [2.75, 3.05) is 5.01 Å². The van der Waals surface area contributed by atoms with Gasteiger partial charge in [-0.2, -0.15) is 0 Å². The molecule has 2 amide bonds. The van der Waals surface area contributed by atoms with Crippen LogP contribution in [-0.2, 0) is 9.59 Å². The Hall–Kier alpha value is -3.93. The normalized spacial score (nSPS) is 15.2. The first kappa shape index (κ1) is 17.5. The first-order valence-corrected chi connectivity index (χ1v) is 8.66. The van der Waals surface area contributed by atoms with Gasteiger partial charge in [0.05, 0.1) is 5.69 Å². The van der Waals surface area contributed by atoms with Gasteiger partial charge in [0, 0.05) is 11.1 Å². The summed E-state index contributed by atoms with van der Waals surface area (Å²) in [4.78, 5) is 36.2. The topological polar surface area (TPSA) is 79.6 Å². The molecule has 0 radical (unpaired) electrons. The number of anilines is 1. The van der Waals surface area contributed by atoms with Gasteiger partial charge in [-0.05, 0) is 37.3 Å². The number of nitrogens with one attached hydrogen (secondary N) is 1. The summed E-state index contributed by atoms with van der Waals surface area (Å²) in [5.74, 6) is 0.0227. The van der Waals surface area contributed by atoms with E-state index in [1.54, 1.807) is 60.7 Å². The van der Waals surface area contributed by atoms with Gasteiger partial charge in [0.2, 0.25) is 0 Å². The van der Waals surface area contributed by atoms with E-state index >= 15 is 0 Å². The second kappa shape index (κ2) is 7.00. The minimum absolute atomic E-state index is 0.00307. The number of Topliss-reactive ketones (excluding diaryl/α,β-unsaturated/α-hetero) is 1. The first-order chi connectivity index (χ1) is 13.5. The molecule has 1 N–H and O–H groups in total. The third kappa shape index (κ3) is 3.23. The lowest BCUT2D eigenvalue weighted by atomic mass is 10.1. The quantitative estimate of drug-likeness (QED) is 0.431. The molecule has 0 atom stereocenters. The number of hydrazine groups is 1. The standard InChI is InChI=1S/C22H16N2O4/c1-14(25)15-7-9-16(10-8-15)20-12-11-18(28-20)13-19-21(26)23-24(22(19)27)17-5-3-2-4-6-17/h2-13H,1H3,(H,23,26)/b19-13-. The molecule has 0 aliphatic carbocycles. The van der Waals surface area contributed by atoms with Gasteiger partial charge < -0.3 is 4.42 Å². The summed E-state index contributed by atoms with van der Waals surface area (Å²) in [6.07, 6.45) is 1.42. The lowest BCUT2D eigenvalue weighted by molar-refractivity contribution is -0.117. The molecule has 0 unspecified atom stereocenters. The number of furan rings is 1. The fourth-order valence-corrected chi connectivity index (χ4v) is 2.91. The molecular weight excluding hydrogens is 356 g/mol. The Morgan fingerprint density at radius 3 is 2.36 bits per heavy atom. The van der Waals surface area contributed by atoms with Gasteiger partial charge in [0.15, 0.2) is 5.78 Å². The minimum atomic E-state index is -0.488. The van der Waals surface area contributed by atoms with Crippen LogP contribution in [0.4, 0.5) is 5.69 Å². The van der Waals surface area contributed by atoms with E-state index in [9.17, 15) is 14.4 Å². The molecule has 1 saturated heterocycles. The molecule has 2 aromatic carbocycles. The highest BCUT2D eigenvalue weighted by Crippen LogP contribution is 2.26. The Morgan fingerprint density at radius 2 is 1.68 bits per heavy atom. The highest BCUT2D eigenvalue weighted by atomic mass is 16.3. The van der Waals surface area contributed by atoms with Crippen molar-refractivity contribution in [3.05, 3.63) is 83.6 Å². The van der Waals surface area contributed by atoms with E-state index in [2.05, 4.69) is 5.43 Å². The Morgan fingerprint density at radius 1 is 0.964 bits per heavy atom. The third-order valence-electron chi connectivity index (χ3n) is 4.40. The largest absolute Gasteiger partial charge is 0.457 e. The number of amides is 2. The number of carbonyl (C=O) groups is 3. The molecule has 2 heterocycles. The molecule has 6 nitrogen and oxygen atoms in total. The summed E-state index contributed by atoms with van der Waals surface area (Å²) in [6.45, 7) is 1.51. The zero-order chi connectivity index (χ0) is 19.7. The number of para-hydroxylation sites is 1. The summed E-state index contributed by atoms with van der Waals surface area (Å²) in [5, 5.41) is 1.21. The van der Waals surface area contributed by atoms with Crippen molar-refractivity contribution in [3.63, 3.8) is 0 Å². The number of benzene rings is 2. The van der Waals surface area contributed by atoms with E-state index in [-0.39, 0.29) is 11.4 Å². The van der Waals surface area contributed by atoms with Crippen molar-refractivity contribution in [2.45, 2.75) is 6.92 Å². The number of carbonyl (C=O) groups excluding carboxylic acids is 3. The van der Waals surface area contributed by atoms with Crippen LogP contribution in [-0.4, -0.2) is 17.6 Å². The molecule has 4 rings (SSSR count). The molecule has 1 aliphatic heterocycles. The van der Waals surface area contributed by atoms with Gasteiger partial charge in [-0.15, -0.1) is 0 Å². The number of hydrogen-bond acceptors (Lipinski definition) is 4. The maximum absolute atomic E-state index is 12.6. The Kier molecular flexibility index (Phi) is 4.37. The number of ketones is 1. The summed E-state index contributed by atoms with van der Waals surface area (Å²) in [6, 6.07) is 19.3. The average Bonchev–Trinajstić information content (AvgIpc) is 3.29. The van der Waals surface area contributed by atoms with Crippen molar-refractivity contribution in [3.8, 4) is 11.3 Å². The molecule has 3 aromatic rings. The molecule has 28 heavy (non-hydrogen) atoms. The lowest BCUT2D eigenvalue weighted by Gasteiger charge is -2.13. The first-order valence-electron chi connectivity index (χ1n) is 8.66. The highest BCUT2D eigenvalue weighted by Gasteiger charge is 2.34. The van der Waals surface area contributed by atoms with Gasteiger partial charge in [-0.1, -0.05) is 42.5 Å². The van der Waals surface area contributed by atoms with Gasteiger partial charge in [0.25, 0.3) is 11.8 Å². The van der Waals surface area contributed by atoms with Gasteiger partial charge in [0.1, 0.15) is 17.1 Å².